The van der Waals surface area contributed by atoms with Crippen LogP contribution in [0.5, 0.6) is 0 Å². The Kier molecular flexibility index (Phi) is 1.96. The van der Waals surface area contributed by atoms with Crippen LogP contribution in [0.15, 0.2) is 12.3 Å². The van der Waals surface area contributed by atoms with Gasteiger partial charge in [-0.2, -0.15) is 0 Å². The zero-order valence-corrected chi connectivity index (χ0v) is 9.96. The molecule has 0 aromatic carbocycles. The van der Waals surface area contributed by atoms with Gasteiger partial charge in [0.1, 0.15) is 5.60 Å². The summed E-state index contributed by atoms with van der Waals surface area (Å²) in [5, 5.41) is 0. The molecule has 0 spiro atoms. The summed E-state index contributed by atoms with van der Waals surface area (Å²) in [4.78, 5) is 0. The van der Waals surface area contributed by atoms with Crippen molar-refractivity contribution in [3.8, 4) is 0 Å². The Morgan fingerprint density at radius 1 is 1.07 bits per heavy atom. The van der Waals surface area contributed by atoms with Crippen LogP contribution >= 0.6 is 0 Å². The third kappa shape index (κ3) is 1.35. The lowest BCUT2D eigenvalue weighted by molar-refractivity contribution is -0.173. The van der Waals surface area contributed by atoms with Crippen LogP contribution in [-0.2, 0) is 4.74 Å². The van der Waals surface area contributed by atoms with E-state index >= 15 is 0 Å². The summed E-state index contributed by atoms with van der Waals surface area (Å²) < 4.78 is 6.12. The molecule has 4 saturated carbocycles. The summed E-state index contributed by atoms with van der Waals surface area (Å²) in [6.07, 6.45) is 7.16. The summed E-state index contributed by atoms with van der Waals surface area (Å²) in [5.41, 5.74) is 0.124. The fourth-order valence-corrected chi connectivity index (χ4v) is 4.66. The number of hydrogen-bond acceptors (Lipinski definition) is 1. The van der Waals surface area contributed by atoms with Crippen LogP contribution in [0.3, 0.4) is 0 Å². The first-order chi connectivity index (χ1) is 7.08. The number of allylic oxidation sites excluding steroid dienone is 1. The maximum Gasteiger partial charge on any atom is 0.111 e. The lowest BCUT2D eigenvalue weighted by atomic mass is 9.50. The van der Waals surface area contributed by atoms with E-state index < -0.39 is 0 Å². The molecule has 1 nitrogen and oxygen atoms in total. The highest BCUT2D eigenvalue weighted by molar-refractivity contribution is 5.07. The fraction of sp³-hybridized carbons (Fsp3) is 0.857. The van der Waals surface area contributed by atoms with Crippen LogP contribution in [0.2, 0.25) is 0 Å². The summed E-state index contributed by atoms with van der Waals surface area (Å²) in [5.74, 6) is 4.57. The average Bonchev–Trinajstić information content (AvgIpc) is 2.12. The smallest absolute Gasteiger partial charge is 0.111 e. The first-order valence-electron chi connectivity index (χ1n) is 6.42. The van der Waals surface area contributed by atoms with E-state index in [0.717, 1.165) is 29.4 Å². The highest BCUT2D eigenvalue weighted by Gasteiger charge is 2.56. The van der Waals surface area contributed by atoms with E-state index in [1.54, 1.807) is 0 Å². The molecule has 0 radical (unpaired) electrons. The highest BCUT2D eigenvalue weighted by Crippen LogP contribution is 2.59. The second-order valence-electron chi connectivity index (χ2n) is 6.29. The lowest BCUT2D eigenvalue weighted by Gasteiger charge is -2.59. The van der Waals surface area contributed by atoms with Crippen molar-refractivity contribution in [2.45, 2.75) is 51.6 Å². The molecule has 1 heteroatoms. The average molecular weight is 206 g/mol. The summed E-state index contributed by atoms with van der Waals surface area (Å²) >= 11 is 0. The molecular weight excluding hydrogens is 184 g/mol. The molecular formula is C14H22O. The first kappa shape index (κ1) is 9.74. The van der Waals surface area contributed by atoms with Crippen LogP contribution in [0.4, 0.5) is 0 Å². The van der Waals surface area contributed by atoms with Crippen LogP contribution < -0.4 is 0 Å². The molecule has 0 aromatic rings. The molecule has 4 aliphatic carbocycles. The van der Waals surface area contributed by atoms with Gasteiger partial charge >= 0.3 is 0 Å². The Labute approximate surface area is 92.9 Å². The van der Waals surface area contributed by atoms with Gasteiger partial charge in [0.2, 0.25) is 0 Å². The minimum absolute atomic E-state index is 0.124. The highest BCUT2D eigenvalue weighted by atomic mass is 16.5. The third-order valence-electron chi connectivity index (χ3n) is 5.15. The van der Waals surface area contributed by atoms with E-state index in [1.807, 2.05) is 6.92 Å². The zero-order chi connectivity index (χ0) is 10.6. The first-order valence-corrected chi connectivity index (χ1v) is 6.42. The monoisotopic (exact) mass is 206 g/mol. The molecule has 4 aliphatic rings. The molecule has 0 aromatic heterocycles. The normalized spacial score (nSPS) is 51.9. The van der Waals surface area contributed by atoms with E-state index in [9.17, 15) is 0 Å². The summed E-state index contributed by atoms with van der Waals surface area (Å²) in [6.45, 7) is 8.27. The zero-order valence-electron chi connectivity index (χ0n) is 9.96. The molecule has 0 unspecified atom stereocenters. The Hall–Kier alpha value is -0.460. The molecule has 0 atom stereocenters. The quantitative estimate of drug-likeness (QED) is 0.625. The number of rotatable bonds is 2. The minimum Gasteiger partial charge on any atom is -0.492 e. The molecule has 4 bridgehead atoms. The van der Waals surface area contributed by atoms with Crippen molar-refractivity contribution in [1.82, 2.24) is 0 Å². The second kappa shape index (κ2) is 3.02. The molecule has 84 valence electrons. The van der Waals surface area contributed by atoms with Crippen LogP contribution in [0.25, 0.3) is 0 Å². The molecule has 4 rings (SSSR count). The Morgan fingerprint density at radius 2 is 1.53 bits per heavy atom. The minimum atomic E-state index is 0.124. The van der Waals surface area contributed by atoms with E-state index in [2.05, 4.69) is 13.5 Å². The van der Waals surface area contributed by atoms with E-state index in [1.165, 1.54) is 32.1 Å². The maximum absolute atomic E-state index is 6.12. The molecule has 0 heterocycles. The van der Waals surface area contributed by atoms with Gasteiger partial charge in [0.05, 0.1) is 5.76 Å². The van der Waals surface area contributed by atoms with Crippen molar-refractivity contribution in [1.29, 1.82) is 0 Å². The molecule has 0 saturated heterocycles. The third-order valence-corrected chi connectivity index (χ3v) is 5.15. The predicted octanol–water partition coefficient (Wildman–Crippen LogP) is 3.75. The van der Waals surface area contributed by atoms with Gasteiger partial charge in [-0.05, 0) is 69.6 Å². The largest absolute Gasteiger partial charge is 0.492 e. The van der Waals surface area contributed by atoms with Gasteiger partial charge in [0, 0.05) is 0 Å². The van der Waals surface area contributed by atoms with E-state index in [-0.39, 0.29) is 5.60 Å². The molecule has 0 aliphatic heterocycles. The van der Waals surface area contributed by atoms with Crippen molar-refractivity contribution >= 4 is 0 Å². The molecule has 4 fully saturated rings. The SMILES string of the molecule is C=C(C)OC1(C)C2CC3CC(C2)CC1C3. The van der Waals surface area contributed by atoms with E-state index in [0.29, 0.717) is 0 Å². The predicted molar refractivity (Wildman–Crippen MR) is 61.3 cm³/mol. The van der Waals surface area contributed by atoms with Crippen molar-refractivity contribution in [3.05, 3.63) is 12.3 Å². The van der Waals surface area contributed by atoms with E-state index in [4.69, 9.17) is 4.74 Å². The van der Waals surface area contributed by atoms with Gasteiger partial charge in [-0.1, -0.05) is 6.58 Å². The number of ether oxygens (including phenoxy) is 1. The molecule has 0 amide bonds. The second-order valence-corrected chi connectivity index (χ2v) is 6.29. The van der Waals surface area contributed by atoms with Gasteiger partial charge in [0.25, 0.3) is 0 Å². The standard InChI is InChI=1S/C14H22O/c1-9(2)15-14(3)12-5-10-4-11(7-12)8-13(14)6-10/h10-13H,1,4-8H2,2-3H3. The van der Waals surface area contributed by atoms with Gasteiger partial charge in [-0.25, -0.2) is 0 Å². The number of hydrogen-bond donors (Lipinski definition) is 0. The Morgan fingerprint density at radius 3 is 1.93 bits per heavy atom. The van der Waals surface area contributed by atoms with Crippen LogP contribution in [-0.4, -0.2) is 5.60 Å². The van der Waals surface area contributed by atoms with Gasteiger partial charge < -0.3 is 4.74 Å². The van der Waals surface area contributed by atoms with Crippen molar-refractivity contribution in [3.63, 3.8) is 0 Å². The van der Waals surface area contributed by atoms with Gasteiger partial charge in [-0.15, -0.1) is 0 Å². The Bertz CT molecular complexity index is 264. The van der Waals surface area contributed by atoms with Crippen LogP contribution in [0.1, 0.15) is 46.0 Å². The summed E-state index contributed by atoms with van der Waals surface area (Å²) in [7, 11) is 0. The topological polar surface area (TPSA) is 9.23 Å². The lowest BCUT2D eigenvalue weighted by Crippen LogP contribution is -2.57. The molecule has 15 heavy (non-hydrogen) atoms. The molecule has 0 N–H and O–H groups in total. The summed E-state index contributed by atoms with van der Waals surface area (Å²) in [6, 6.07) is 0. The van der Waals surface area contributed by atoms with Crippen molar-refractivity contribution < 1.29 is 4.74 Å². The van der Waals surface area contributed by atoms with Crippen LogP contribution in [0, 0.1) is 23.7 Å². The van der Waals surface area contributed by atoms with Crippen molar-refractivity contribution in [2.24, 2.45) is 23.7 Å². The van der Waals surface area contributed by atoms with Gasteiger partial charge in [-0.3, -0.25) is 0 Å². The fourth-order valence-electron chi connectivity index (χ4n) is 4.66. The maximum atomic E-state index is 6.12. The van der Waals surface area contributed by atoms with Gasteiger partial charge in [0.15, 0.2) is 0 Å². The Balaban J connectivity index is 1.87. The van der Waals surface area contributed by atoms with Crippen molar-refractivity contribution in [2.75, 3.05) is 0 Å².